The number of carbonyl (C=O) groups is 2. The number of amides is 1. The summed E-state index contributed by atoms with van der Waals surface area (Å²) in [6.07, 6.45) is 0. The molecule has 0 radical (unpaired) electrons. The predicted octanol–water partition coefficient (Wildman–Crippen LogP) is 2.00. The largest absolute Gasteiger partial charge is 0.378 e. The number of quaternary nitrogens is 1. The first-order valence-corrected chi connectivity index (χ1v) is 8.78. The second kappa shape index (κ2) is 8.63. The summed E-state index contributed by atoms with van der Waals surface area (Å²) in [6, 6.07) is 15.2. The van der Waals surface area contributed by atoms with E-state index in [2.05, 4.69) is 34.5 Å². The van der Waals surface area contributed by atoms with E-state index >= 15 is 0 Å². The van der Waals surface area contributed by atoms with Crippen LogP contribution in [0.2, 0.25) is 0 Å². The zero-order valence-corrected chi connectivity index (χ0v) is 16.2. The SMILES string of the molecule is CC(=O)c1ccc(NC(=O)[C@H](C)[NH+](C)Cc2ccc(N(C)C)cc2)cc1. The maximum Gasteiger partial charge on any atom is 0.282 e. The summed E-state index contributed by atoms with van der Waals surface area (Å²) < 4.78 is 0. The number of likely N-dealkylation sites (N-methyl/N-ethyl adjacent to an activating group) is 1. The Bertz CT molecular complexity index is 752. The topological polar surface area (TPSA) is 53.9 Å². The molecule has 1 amide bonds. The molecule has 0 heterocycles. The van der Waals surface area contributed by atoms with Crippen LogP contribution in [0.25, 0.3) is 0 Å². The fourth-order valence-corrected chi connectivity index (χ4v) is 2.65. The van der Waals surface area contributed by atoms with Crippen molar-refractivity contribution in [2.45, 2.75) is 26.4 Å². The minimum absolute atomic E-state index is 0.0145. The van der Waals surface area contributed by atoms with Gasteiger partial charge < -0.3 is 15.1 Å². The molecule has 0 aliphatic rings. The third kappa shape index (κ3) is 5.17. The molecule has 0 spiro atoms. The molecule has 0 bridgehead atoms. The zero-order chi connectivity index (χ0) is 19.3. The molecule has 26 heavy (non-hydrogen) atoms. The number of rotatable bonds is 7. The fourth-order valence-electron chi connectivity index (χ4n) is 2.65. The number of hydrogen-bond acceptors (Lipinski definition) is 3. The lowest BCUT2D eigenvalue weighted by molar-refractivity contribution is -0.907. The number of hydrogen-bond donors (Lipinski definition) is 2. The molecule has 2 aromatic carbocycles. The quantitative estimate of drug-likeness (QED) is 0.748. The molecule has 0 saturated carbocycles. The summed E-state index contributed by atoms with van der Waals surface area (Å²) in [5, 5.41) is 2.92. The van der Waals surface area contributed by atoms with E-state index in [4.69, 9.17) is 0 Å². The van der Waals surface area contributed by atoms with Crippen molar-refractivity contribution in [2.24, 2.45) is 0 Å². The Kier molecular flexibility index (Phi) is 6.52. The maximum atomic E-state index is 12.5. The van der Waals surface area contributed by atoms with Gasteiger partial charge in [-0.15, -0.1) is 0 Å². The molecule has 2 N–H and O–H groups in total. The van der Waals surface area contributed by atoms with Gasteiger partial charge in [0.2, 0.25) is 0 Å². The van der Waals surface area contributed by atoms with Gasteiger partial charge in [0.25, 0.3) is 5.91 Å². The van der Waals surface area contributed by atoms with Gasteiger partial charge in [-0.25, -0.2) is 0 Å². The predicted molar refractivity (Wildman–Crippen MR) is 106 cm³/mol. The molecule has 138 valence electrons. The first-order chi connectivity index (χ1) is 12.3. The molecule has 0 aliphatic carbocycles. The van der Waals surface area contributed by atoms with Gasteiger partial charge in [0.05, 0.1) is 7.05 Å². The second-order valence-corrected chi connectivity index (χ2v) is 6.93. The van der Waals surface area contributed by atoms with E-state index in [-0.39, 0.29) is 17.7 Å². The lowest BCUT2D eigenvalue weighted by Crippen LogP contribution is -3.12. The molecule has 5 nitrogen and oxygen atoms in total. The van der Waals surface area contributed by atoms with E-state index < -0.39 is 0 Å². The van der Waals surface area contributed by atoms with Crippen molar-refractivity contribution in [2.75, 3.05) is 31.4 Å². The van der Waals surface area contributed by atoms with Gasteiger partial charge in [-0.3, -0.25) is 9.59 Å². The molecule has 5 heteroatoms. The Morgan fingerprint density at radius 3 is 2.12 bits per heavy atom. The molecule has 2 aromatic rings. The van der Waals surface area contributed by atoms with Crippen molar-refractivity contribution in [3.63, 3.8) is 0 Å². The van der Waals surface area contributed by atoms with E-state index in [9.17, 15) is 9.59 Å². The molecular formula is C21H28N3O2+. The third-order valence-corrected chi connectivity index (χ3v) is 4.63. The Hall–Kier alpha value is -2.66. The van der Waals surface area contributed by atoms with Gasteiger partial charge in [0.1, 0.15) is 6.54 Å². The van der Waals surface area contributed by atoms with E-state index in [1.54, 1.807) is 24.3 Å². The van der Waals surface area contributed by atoms with E-state index in [0.717, 1.165) is 17.1 Å². The van der Waals surface area contributed by atoms with Crippen molar-refractivity contribution in [1.82, 2.24) is 0 Å². The van der Waals surface area contributed by atoms with Crippen LogP contribution in [0.15, 0.2) is 48.5 Å². The number of Topliss-reactive ketones (excluding diaryl/α,β-unsaturated/α-hetero) is 1. The van der Waals surface area contributed by atoms with Crippen LogP contribution in [0.5, 0.6) is 0 Å². The van der Waals surface area contributed by atoms with Crippen LogP contribution in [-0.4, -0.2) is 38.9 Å². The molecule has 2 atom stereocenters. The molecular weight excluding hydrogens is 326 g/mol. The monoisotopic (exact) mass is 354 g/mol. The van der Waals surface area contributed by atoms with Crippen LogP contribution in [0.3, 0.4) is 0 Å². The summed E-state index contributed by atoms with van der Waals surface area (Å²) >= 11 is 0. The minimum Gasteiger partial charge on any atom is -0.378 e. The Morgan fingerprint density at radius 1 is 1.04 bits per heavy atom. The average molecular weight is 354 g/mol. The van der Waals surface area contributed by atoms with E-state index in [1.165, 1.54) is 12.5 Å². The van der Waals surface area contributed by atoms with Gasteiger partial charge in [0.15, 0.2) is 11.8 Å². The first-order valence-electron chi connectivity index (χ1n) is 8.78. The molecule has 0 aliphatic heterocycles. The van der Waals surface area contributed by atoms with E-state index in [1.807, 2.05) is 28.1 Å². The molecule has 1 unspecified atom stereocenters. The van der Waals surface area contributed by atoms with Gasteiger partial charge in [0, 0.05) is 36.6 Å². The van der Waals surface area contributed by atoms with Crippen LogP contribution >= 0.6 is 0 Å². The van der Waals surface area contributed by atoms with Crippen molar-refractivity contribution >= 4 is 23.1 Å². The number of carbonyl (C=O) groups excluding carboxylic acids is 2. The average Bonchev–Trinajstić information content (AvgIpc) is 2.61. The molecule has 0 aromatic heterocycles. The highest BCUT2D eigenvalue weighted by Gasteiger charge is 2.22. The maximum absolute atomic E-state index is 12.5. The number of ketones is 1. The normalized spacial score (nSPS) is 13.0. The van der Waals surface area contributed by atoms with Crippen LogP contribution in [0.4, 0.5) is 11.4 Å². The molecule has 0 saturated heterocycles. The summed E-state index contributed by atoms with van der Waals surface area (Å²) in [5.74, 6) is -0.0244. The van der Waals surface area contributed by atoms with Crippen LogP contribution < -0.4 is 15.1 Å². The smallest absolute Gasteiger partial charge is 0.282 e. The standard InChI is InChI=1S/C21H27N3O2/c1-15(21(26)22-19-10-8-18(9-11-19)16(2)25)24(5)14-17-6-12-20(13-7-17)23(3)4/h6-13,15H,14H2,1-5H3,(H,22,26)/p+1/t15-/m0/s1. The van der Waals surface area contributed by atoms with Crippen molar-refractivity contribution in [1.29, 1.82) is 0 Å². The molecule has 0 fully saturated rings. The van der Waals surface area contributed by atoms with Gasteiger partial charge >= 0.3 is 0 Å². The van der Waals surface area contributed by atoms with Crippen molar-refractivity contribution in [3.05, 3.63) is 59.7 Å². The van der Waals surface area contributed by atoms with Crippen LogP contribution in [0.1, 0.15) is 29.8 Å². The highest BCUT2D eigenvalue weighted by molar-refractivity contribution is 5.96. The number of nitrogens with one attached hydrogen (secondary N) is 2. The number of nitrogens with zero attached hydrogens (tertiary/aromatic N) is 1. The molecule has 2 rings (SSSR count). The Labute approximate surface area is 155 Å². The lowest BCUT2D eigenvalue weighted by atomic mass is 10.1. The Morgan fingerprint density at radius 2 is 1.62 bits per heavy atom. The zero-order valence-electron chi connectivity index (χ0n) is 16.2. The Balaban J connectivity index is 1.94. The van der Waals surface area contributed by atoms with Crippen LogP contribution in [0, 0.1) is 0 Å². The highest BCUT2D eigenvalue weighted by Crippen LogP contribution is 2.12. The van der Waals surface area contributed by atoms with Crippen LogP contribution in [-0.2, 0) is 11.3 Å². The van der Waals surface area contributed by atoms with E-state index in [0.29, 0.717) is 11.3 Å². The van der Waals surface area contributed by atoms with Gasteiger partial charge in [-0.2, -0.15) is 0 Å². The first kappa shape index (κ1) is 19.7. The van der Waals surface area contributed by atoms with Gasteiger partial charge in [-0.1, -0.05) is 12.1 Å². The van der Waals surface area contributed by atoms with Crippen molar-refractivity contribution < 1.29 is 14.5 Å². The van der Waals surface area contributed by atoms with Gasteiger partial charge in [-0.05, 0) is 50.2 Å². The second-order valence-electron chi connectivity index (χ2n) is 6.93. The summed E-state index contributed by atoms with van der Waals surface area (Å²) in [5.41, 5.74) is 3.69. The van der Waals surface area contributed by atoms with Crippen molar-refractivity contribution in [3.8, 4) is 0 Å². The minimum atomic E-state index is -0.198. The summed E-state index contributed by atoms with van der Waals surface area (Å²) in [7, 11) is 6.05. The third-order valence-electron chi connectivity index (χ3n) is 4.63. The fraction of sp³-hybridized carbons (Fsp3) is 0.333. The number of benzene rings is 2. The highest BCUT2D eigenvalue weighted by atomic mass is 16.2. The number of anilines is 2. The lowest BCUT2D eigenvalue weighted by Gasteiger charge is -2.21. The summed E-state index contributed by atoms with van der Waals surface area (Å²) in [6.45, 7) is 4.22. The summed E-state index contributed by atoms with van der Waals surface area (Å²) in [4.78, 5) is 27.0.